The Hall–Kier alpha value is -2.35. The van der Waals surface area contributed by atoms with Crippen LogP contribution in [0.25, 0.3) is 5.69 Å². The van der Waals surface area contributed by atoms with E-state index in [1.165, 1.54) is 30.1 Å². The van der Waals surface area contributed by atoms with Gasteiger partial charge in [-0.1, -0.05) is 45.2 Å². The van der Waals surface area contributed by atoms with Crippen LogP contribution in [0.4, 0.5) is 0 Å². The van der Waals surface area contributed by atoms with E-state index in [0.717, 1.165) is 0 Å². The number of nitrogens with zero attached hydrogens (tertiary/aromatic N) is 2. The summed E-state index contributed by atoms with van der Waals surface area (Å²) in [5, 5.41) is 14.0. The molecule has 1 unspecified atom stereocenters. The average molecular weight is 484 g/mol. The van der Waals surface area contributed by atoms with Crippen molar-refractivity contribution < 1.29 is 19.4 Å². The monoisotopic (exact) mass is 482 g/mol. The van der Waals surface area contributed by atoms with Crippen LogP contribution >= 0.6 is 39.1 Å². The largest absolute Gasteiger partial charge is 0.479 e. The van der Waals surface area contributed by atoms with Crippen LogP contribution in [0.2, 0.25) is 10.0 Å². The molecule has 2 aromatic carbocycles. The van der Waals surface area contributed by atoms with E-state index in [0.29, 0.717) is 20.2 Å². The van der Waals surface area contributed by atoms with Gasteiger partial charge >= 0.3 is 5.97 Å². The second kappa shape index (κ2) is 8.34. The van der Waals surface area contributed by atoms with Gasteiger partial charge in [0, 0.05) is 10.7 Å². The minimum absolute atomic E-state index is 0.159. The molecule has 6 nitrogen and oxygen atoms in total. The number of carboxylic acid groups (broad SMARTS) is 1. The van der Waals surface area contributed by atoms with Gasteiger partial charge in [0.05, 0.1) is 27.4 Å². The number of aromatic nitrogens is 2. The Morgan fingerprint density at radius 1 is 1.21 bits per heavy atom. The van der Waals surface area contributed by atoms with E-state index in [1.807, 2.05) is 0 Å². The molecule has 1 heterocycles. The molecule has 0 amide bonds. The fourth-order valence-corrected chi connectivity index (χ4v) is 3.38. The van der Waals surface area contributed by atoms with Crippen molar-refractivity contribution >= 4 is 50.9 Å². The van der Waals surface area contributed by atoms with Gasteiger partial charge < -0.3 is 9.84 Å². The first-order valence-corrected chi connectivity index (χ1v) is 9.55. The lowest BCUT2D eigenvalue weighted by Crippen LogP contribution is -2.23. The second-order valence-electron chi connectivity index (χ2n) is 5.81. The van der Waals surface area contributed by atoms with E-state index in [-0.39, 0.29) is 22.7 Å². The maximum absolute atomic E-state index is 13.0. The molecule has 3 rings (SSSR count). The summed E-state index contributed by atoms with van der Waals surface area (Å²) in [6, 6.07) is 9.79. The molecular formula is C19H13BrCl2N2O4. The van der Waals surface area contributed by atoms with Crippen LogP contribution < -0.4 is 4.74 Å². The zero-order valence-electron chi connectivity index (χ0n) is 14.4. The number of rotatable bonds is 6. The summed E-state index contributed by atoms with van der Waals surface area (Å²) in [6.45, 7) is 1.38. The Kier molecular flexibility index (Phi) is 6.07. The van der Waals surface area contributed by atoms with Crippen molar-refractivity contribution in [3.63, 3.8) is 0 Å². The molecule has 0 spiro atoms. The van der Waals surface area contributed by atoms with Gasteiger partial charge in [0.2, 0.25) is 0 Å². The van der Waals surface area contributed by atoms with Crippen molar-refractivity contribution in [2.75, 3.05) is 0 Å². The molecule has 0 saturated heterocycles. The van der Waals surface area contributed by atoms with Crippen molar-refractivity contribution in [2.24, 2.45) is 0 Å². The smallest absolute Gasteiger partial charge is 0.344 e. The number of benzene rings is 2. The zero-order valence-corrected chi connectivity index (χ0v) is 17.5. The summed E-state index contributed by atoms with van der Waals surface area (Å²) in [6.07, 6.45) is 1.77. The van der Waals surface area contributed by atoms with Crippen molar-refractivity contribution in [1.29, 1.82) is 0 Å². The quantitative estimate of drug-likeness (QED) is 0.497. The molecule has 1 N–H and O–H groups in total. The number of ketones is 1. The van der Waals surface area contributed by atoms with Crippen LogP contribution in [0.15, 0.2) is 53.3 Å². The maximum Gasteiger partial charge on any atom is 0.344 e. The predicted octanol–water partition coefficient (Wildman–Crippen LogP) is 5.02. The van der Waals surface area contributed by atoms with Gasteiger partial charge in [-0.2, -0.15) is 5.10 Å². The summed E-state index contributed by atoms with van der Waals surface area (Å²) in [5.74, 6) is -1.36. The second-order valence-corrected chi connectivity index (χ2v) is 7.54. The van der Waals surface area contributed by atoms with Crippen molar-refractivity contribution in [1.82, 2.24) is 9.78 Å². The van der Waals surface area contributed by atoms with E-state index in [1.54, 1.807) is 30.3 Å². The van der Waals surface area contributed by atoms with E-state index in [2.05, 4.69) is 21.0 Å². The average Bonchev–Trinajstić information content (AvgIpc) is 3.12. The van der Waals surface area contributed by atoms with Crippen LogP contribution in [0.3, 0.4) is 0 Å². The van der Waals surface area contributed by atoms with Gasteiger partial charge in [0.25, 0.3) is 0 Å². The minimum atomic E-state index is -1.14. The van der Waals surface area contributed by atoms with Gasteiger partial charge in [-0.05, 0) is 37.3 Å². The molecule has 0 aliphatic carbocycles. The minimum Gasteiger partial charge on any atom is -0.479 e. The topological polar surface area (TPSA) is 81.4 Å². The molecule has 144 valence electrons. The van der Waals surface area contributed by atoms with Crippen LogP contribution in [-0.4, -0.2) is 32.7 Å². The van der Waals surface area contributed by atoms with Gasteiger partial charge in [-0.3, -0.25) is 4.79 Å². The molecule has 0 saturated carbocycles. The van der Waals surface area contributed by atoms with Gasteiger partial charge in [-0.15, -0.1) is 0 Å². The normalized spacial score (nSPS) is 11.9. The fraction of sp³-hybridized carbons (Fsp3) is 0.105. The summed E-state index contributed by atoms with van der Waals surface area (Å²) < 4.78 is 7.48. The molecule has 0 aliphatic heterocycles. The first-order chi connectivity index (χ1) is 13.3. The summed E-state index contributed by atoms with van der Waals surface area (Å²) in [4.78, 5) is 24.1. The lowest BCUT2D eigenvalue weighted by atomic mass is 10.1. The number of ether oxygens (including phenoxy) is 1. The number of para-hydroxylation sites is 1. The lowest BCUT2D eigenvalue weighted by molar-refractivity contribution is -0.144. The predicted molar refractivity (Wildman–Crippen MR) is 109 cm³/mol. The van der Waals surface area contributed by atoms with E-state index in [9.17, 15) is 9.59 Å². The summed E-state index contributed by atoms with van der Waals surface area (Å²) >= 11 is 15.7. The Labute approximate surface area is 178 Å². The highest BCUT2D eigenvalue weighted by Gasteiger charge is 2.21. The Morgan fingerprint density at radius 2 is 1.89 bits per heavy atom. The van der Waals surface area contributed by atoms with Gasteiger partial charge in [-0.25, -0.2) is 9.48 Å². The van der Waals surface area contributed by atoms with Gasteiger partial charge in [0.1, 0.15) is 11.4 Å². The number of carboxylic acids is 1. The highest BCUT2D eigenvalue weighted by Crippen LogP contribution is 2.30. The molecule has 1 aromatic heterocycles. The molecule has 3 aromatic rings. The highest BCUT2D eigenvalue weighted by atomic mass is 79.9. The zero-order chi connectivity index (χ0) is 20.4. The molecule has 0 radical (unpaired) electrons. The Morgan fingerprint density at radius 3 is 2.54 bits per heavy atom. The molecule has 0 bridgehead atoms. The van der Waals surface area contributed by atoms with Crippen LogP contribution in [0.5, 0.6) is 5.75 Å². The molecule has 1 atom stereocenters. The summed E-state index contributed by atoms with van der Waals surface area (Å²) in [5.41, 5.74) is 0.921. The number of hydrogen-bond acceptors (Lipinski definition) is 4. The Balaban J connectivity index is 1.99. The van der Waals surface area contributed by atoms with Crippen LogP contribution in [0, 0.1) is 0 Å². The molecule has 0 fully saturated rings. The Bertz CT molecular complexity index is 1050. The highest BCUT2D eigenvalue weighted by molar-refractivity contribution is 9.10. The third kappa shape index (κ3) is 4.22. The van der Waals surface area contributed by atoms with Crippen molar-refractivity contribution in [3.05, 3.63) is 74.4 Å². The third-order valence-electron chi connectivity index (χ3n) is 3.85. The number of carbonyl (C=O) groups is 2. The van der Waals surface area contributed by atoms with Crippen LogP contribution in [0.1, 0.15) is 22.8 Å². The number of hydrogen-bond donors (Lipinski definition) is 1. The number of aliphatic carboxylic acids is 1. The van der Waals surface area contributed by atoms with Crippen LogP contribution in [-0.2, 0) is 4.79 Å². The first-order valence-electron chi connectivity index (χ1n) is 8.00. The van der Waals surface area contributed by atoms with E-state index >= 15 is 0 Å². The van der Waals surface area contributed by atoms with Crippen molar-refractivity contribution in [3.8, 4) is 11.4 Å². The number of carbonyl (C=O) groups excluding carboxylic acids is 1. The lowest BCUT2D eigenvalue weighted by Gasteiger charge is -2.14. The number of halogens is 3. The standard InChI is InChI=1S/C19H13BrCl2N2O4/c1-10(19(26)27)28-16-6-5-12(20)7-13(16)18(25)11-8-23-24(9-11)17-14(21)3-2-4-15(17)22/h2-10H,1H3,(H,26,27). The van der Waals surface area contributed by atoms with E-state index in [4.69, 9.17) is 33.0 Å². The third-order valence-corrected chi connectivity index (χ3v) is 4.95. The summed E-state index contributed by atoms with van der Waals surface area (Å²) in [7, 11) is 0. The fourth-order valence-electron chi connectivity index (χ4n) is 2.45. The van der Waals surface area contributed by atoms with E-state index < -0.39 is 12.1 Å². The molecule has 9 heteroatoms. The van der Waals surface area contributed by atoms with Crippen molar-refractivity contribution in [2.45, 2.75) is 13.0 Å². The molecular weight excluding hydrogens is 471 g/mol. The molecule has 0 aliphatic rings. The SMILES string of the molecule is CC(Oc1ccc(Br)cc1C(=O)c1cnn(-c2c(Cl)cccc2Cl)c1)C(=O)O. The first kappa shape index (κ1) is 20.4. The molecule has 28 heavy (non-hydrogen) atoms. The van der Waals surface area contributed by atoms with Gasteiger partial charge in [0.15, 0.2) is 11.9 Å². The maximum atomic E-state index is 13.0.